The lowest BCUT2D eigenvalue weighted by molar-refractivity contribution is -0.117. The van der Waals surface area contributed by atoms with Gasteiger partial charge in [-0.3, -0.25) is 24.5 Å². The maximum Gasteiger partial charge on any atom is 0.296 e. The van der Waals surface area contributed by atoms with Crippen LogP contribution in [-0.4, -0.2) is 85.2 Å². The second-order valence-electron chi connectivity index (χ2n) is 18.3. The molecule has 2 aromatic carbocycles. The minimum Gasteiger partial charge on any atom is -0.383 e. The van der Waals surface area contributed by atoms with Crippen LogP contribution in [0.2, 0.25) is 0 Å². The van der Waals surface area contributed by atoms with Gasteiger partial charge in [-0.25, -0.2) is 39.3 Å². The van der Waals surface area contributed by atoms with Crippen molar-refractivity contribution >= 4 is 79.6 Å². The highest BCUT2D eigenvalue weighted by atomic mass is 32.1. The van der Waals surface area contributed by atoms with Gasteiger partial charge < -0.3 is 27.4 Å². The van der Waals surface area contributed by atoms with Gasteiger partial charge in [-0.1, -0.05) is 43.5 Å². The van der Waals surface area contributed by atoms with Crippen LogP contribution in [0, 0.1) is 37.5 Å². The quantitative estimate of drug-likeness (QED) is 0.0708. The minimum absolute atomic E-state index is 0. The van der Waals surface area contributed by atoms with E-state index in [0.29, 0.717) is 67.2 Å². The maximum atomic E-state index is 12.7. The summed E-state index contributed by atoms with van der Waals surface area (Å²) in [4.78, 5) is 75.8. The van der Waals surface area contributed by atoms with Crippen LogP contribution in [0.1, 0.15) is 116 Å². The van der Waals surface area contributed by atoms with Crippen molar-refractivity contribution in [3.63, 3.8) is 0 Å². The summed E-state index contributed by atoms with van der Waals surface area (Å²) < 4.78 is 3.86. The molecular weight excluding hydrogens is 981 g/mol. The lowest BCUT2D eigenvalue weighted by atomic mass is 9.91. The SMILES string of the molecule is C.CC#CC(=O)NC1CCC(n2nc(-c3ccc(C(=O)Nc4cc(C)ccn4)cc3)c3c(N)ncnc32)CC1.CC#CC(=O)NC1CCC(n2nc(-c3ccc(C(=O)Nc4ncc(C)s4)cc3)c3c(N)ncnc32)CC1. The molecule has 8 N–H and O–H groups in total. The first-order chi connectivity index (χ1) is 36.3. The van der Waals surface area contributed by atoms with Gasteiger partial charge in [0, 0.05) is 51.6 Å². The van der Waals surface area contributed by atoms with Gasteiger partial charge in [0.2, 0.25) is 0 Å². The number of fused-ring (bicyclic) bond motifs is 2. The van der Waals surface area contributed by atoms with Gasteiger partial charge in [0.1, 0.15) is 41.5 Å². The molecule has 6 aromatic heterocycles. The average Bonchev–Trinajstić information content (AvgIpc) is 4.16. The first-order valence-electron chi connectivity index (χ1n) is 24.5. The highest BCUT2D eigenvalue weighted by molar-refractivity contribution is 7.15. The first-order valence-corrected chi connectivity index (χ1v) is 25.3. The number of hydrogen-bond acceptors (Lipinski definition) is 15. The number of nitrogens with zero attached hydrogens (tertiary/aromatic N) is 10. The smallest absolute Gasteiger partial charge is 0.296 e. The maximum absolute atomic E-state index is 12.7. The predicted molar refractivity (Wildman–Crippen MR) is 295 cm³/mol. The van der Waals surface area contributed by atoms with Crippen molar-refractivity contribution in [1.82, 2.24) is 60.1 Å². The molecule has 388 valence electrons. The van der Waals surface area contributed by atoms with Crippen molar-refractivity contribution in [3.8, 4) is 46.2 Å². The molecule has 0 radical (unpaired) electrons. The van der Waals surface area contributed by atoms with Gasteiger partial charge in [-0.15, -0.1) is 11.3 Å². The number of pyridine rings is 1. The number of nitrogen functional groups attached to an aromatic ring is 2. The molecule has 20 nitrogen and oxygen atoms in total. The topological polar surface area (TPSA) is 281 Å². The normalized spacial score (nSPS) is 16.8. The molecule has 2 aliphatic carbocycles. The van der Waals surface area contributed by atoms with E-state index in [9.17, 15) is 19.2 Å². The number of carbonyl (C=O) groups is 4. The number of benzene rings is 2. The highest BCUT2D eigenvalue weighted by Gasteiger charge is 2.30. The van der Waals surface area contributed by atoms with Crippen LogP contribution in [0.4, 0.5) is 22.6 Å². The molecule has 0 bridgehead atoms. The van der Waals surface area contributed by atoms with Crippen molar-refractivity contribution in [3.05, 3.63) is 107 Å². The molecule has 4 amide bonds. The van der Waals surface area contributed by atoms with Gasteiger partial charge in [0.15, 0.2) is 16.4 Å². The summed E-state index contributed by atoms with van der Waals surface area (Å²) in [7, 11) is 0. The van der Waals surface area contributed by atoms with E-state index in [-0.39, 0.29) is 55.2 Å². The van der Waals surface area contributed by atoms with E-state index < -0.39 is 0 Å². The second-order valence-corrected chi connectivity index (χ2v) is 19.5. The Morgan fingerprint density at radius 1 is 0.605 bits per heavy atom. The third-order valence-corrected chi connectivity index (χ3v) is 13.9. The van der Waals surface area contributed by atoms with Gasteiger partial charge >= 0.3 is 0 Å². The fraction of sp³-hybridized carbons (Fsp3) is 0.309. The lowest BCUT2D eigenvalue weighted by Gasteiger charge is -2.28. The molecule has 8 aromatic rings. The molecule has 2 saturated carbocycles. The molecule has 0 unspecified atom stereocenters. The number of aryl methyl sites for hydroxylation is 2. The number of nitrogens with one attached hydrogen (secondary N) is 4. The Bertz CT molecular complexity index is 3550. The van der Waals surface area contributed by atoms with E-state index in [4.69, 9.17) is 21.7 Å². The summed E-state index contributed by atoms with van der Waals surface area (Å²) in [6.45, 7) is 7.18. The number of carbonyl (C=O) groups excluding carboxylic acids is 4. The number of thiazole rings is 1. The summed E-state index contributed by atoms with van der Waals surface area (Å²) in [5.41, 5.74) is 18.9. The molecule has 21 heteroatoms. The number of rotatable bonds is 10. The van der Waals surface area contributed by atoms with E-state index in [1.54, 1.807) is 50.5 Å². The van der Waals surface area contributed by atoms with E-state index in [1.165, 1.54) is 24.0 Å². The fourth-order valence-electron chi connectivity index (χ4n) is 9.44. The van der Waals surface area contributed by atoms with Crippen LogP contribution in [0.25, 0.3) is 44.6 Å². The second kappa shape index (κ2) is 23.9. The lowest BCUT2D eigenvalue weighted by Crippen LogP contribution is -2.37. The number of anilines is 4. The largest absolute Gasteiger partial charge is 0.383 e. The minimum atomic E-state index is -0.248. The van der Waals surface area contributed by atoms with E-state index >= 15 is 0 Å². The van der Waals surface area contributed by atoms with Crippen molar-refractivity contribution in [2.45, 2.75) is 111 Å². The van der Waals surface area contributed by atoms with Gasteiger partial charge in [-0.05, 0) is 133 Å². The predicted octanol–water partition coefficient (Wildman–Crippen LogP) is 8.01. The molecule has 2 aliphatic rings. The Morgan fingerprint density at radius 2 is 1.07 bits per heavy atom. The summed E-state index contributed by atoms with van der Waals surface area (Å²) in [6, 6.07) is 18.5. The molecular formula is C55H58N16O4S. The Balaban J connectivity index is 0.000000199. The third kappa shape index (κ3) is 12.1. The fourth-order valence-corrected chi connectivity index (χ4v) is 10.1. The van der Waals surface area contributed by atoms with Crippen LogP contribution < -0.4 is 32.7 Å². The average molecular weight is 1040 g/mol. The van der Waals surface area contributed by atoms with Crippen molar-refractivity contribution in [2.24, 2.45) is 0 Å². The summed E-state index contributed by atoms with van der Waals surface area (Å²) >= 11 is 1.42. The first kappa shape index (κ1) is 53.2. The highest BCUT2D eigenvalue weighted by Crippen LogP contribution is 2.38. The van der Waals surface area contributed by atoms with E-state index in [1.807, 2.05) is 59.6 Å². The zero-order valence-corrected chi connectivity index (χ0v) is 42.5. The summed E-state index contributed by atoms with van der Waals surface area (Å²) in [6.07, 6.45) is 12.9. The molecule has 2 fully saturated rings. The molecule has 0 spiro atoms. The van der Waals surface area contributed by atoms with Crippen LogP contribution in [0.3, 0.4) is 0 Å². The van der Waals surface area contributed by atoms with Crippen LogP contribution in [-0.2, 0) is 9.59 Å². The van der Waals surface area contributed by atoms with Crippen LogP contribution in [0.15, 0.2) is 85.7 Å². The molecule has 0 atom stereocenters. The molecule has 6 heterocycles. The Morgan fingerprint density at radius 3 is 1.49 bits per heavy atom. The zero-order valence-electron chi connectivity index (χ0n) is 41.7. The van der Waals surface area contributed by atoms with E-state index in [2.05, 4.69) is 74.9 Å². The molecule has 10 rings (SSSR count). The molecule has 0 aliphatic heterocycles. The number of aromatic nitrogens is 10. The van der Waals surface area contributed by atoms with Crippen molar-refractivity contribution in [1.29, 1.82) is 0 Å². The van der Waals surface area contributed by atoms with Gasteiger partial charge in [-0.2, -0.15) is 10.2 Å². The van der Waals surface area contributed by atoms with Crippen LogP contribution in [0.5, 0.6) is 0 Å². The van der Waals surface area contributed by atoms with Crippen molar-refractivity contribution < 1.29 is 19.2 Å². The Hall–Kier alpha value is -9.08. The zero-order chi connectivity index (χ0) is 52.6. The monoisotopic (exact) mass is 1040 g/mol. The summed E-state index contributed by atoms with van der Waals surface area (Å²) in [5, 5.41) is 23.4. The van der Waals surface area contributed by atoms with Crippen molar-refractivity contribution in [2.75, 3.05) is 22.1 Å². The van der Waals surface area contributed by atoms with Crippen LogP contribution >= 0.6 is 11.3 Å². The molecule has 0 saturated heterocycles. The Kier molecular flexibility index (Phi) is 16.7. The third-order valence-electron chi connectivity index (χ3n) is 13.1. The molecule has 76 heavy (non-hydrogen) atoms. The van der Waals surface area contributed by atoms with Gasteiger partial charge in [0.25, 0.3) is 23.6 Å². The number of hydrogen-bond donors (Lipinski definition) is 6. The Labute approximate surface area is 443 Å². The van der Waals surface area contributed by atoms with E-state index in [0.717, 1.165) is 72.9 Å². The summed E-state index contributed by atoms with van der Waals surface area (Å²) in [5.74, 6) is 10.6. The number of amides is 4. The standard InChI is InChI=1S/C28H28N8O2.C26H26N8O2S.CH4/c1-3-4-23(37)33-20-9-11-21(12-10-20)36-27-24(26(29)31-16-32-27)25(35-36)18-5-7-19(8-6-18)28(38)34-22-15-17(2)13-14-30-22;1-3-4-20(35)31-18-9-11-19(12-10-18)34-24-21(23(27)29-14-30-24)22(33-34)16-5-7-17(8-6-16)25(36)32-26-28-13-15(2)37-26;/h5-8,13-16,20-21H,9-12H2,1-2H3,(H,33,37)(H2,29,31,32)(H,30,34,38);5-8,13-14,18-19H,9-12H2,1-2H3,(H,31,35)(H2,27,29,30)(H,28,32,36);1H4. The van der Waals surface area contributed by atoms with Gasteiger partial charge in [0.05, 0.1) is 22.9 Å². The number of nitrogens with two attached hydrogens (primary N) is 2.